The van der Waals surface area contributed by atoms with Gasteiger partial charge in [0.2, 0.25) is 10.0 Å². The van der Waals surface area contributed by atoms with Gasteiger partial charge in [0, 0.05) is 37.8 Å². The Balaban J connectivity index is 1.67. The Kier molecular flexibility index (Phi) is 7.62. The van der Waals surface area contributed by atoms with Gasteiger partial charge in [-0.25, -0.2) is 21.6 Å². The molecule has 37 heavy (non-hydrogen) atoms. The van der Waals surface area contributed by atoms with E-state index in [-0.39, 0.29) is 36.6 Å². The highest BCUT2D eigenvalue weighted by Gasteiger charge is 2.46. The summed E-state index contributed by atoms with van der Waals surface area (Å²) in [6.45, 7) is -0.215. The van der Waals surface area contributed by atoms with Gasteiger partial charge in [0.05, 0.1) is 4.90 Å². The summed E-state index contributed by atoms with van der Waals surface area (Å²) in [5.74, 6) is -4.41. The fourth-order valence-electron chi connectivity index (χ4n) is 4.08. The number of sulfonamides is 1. The number of rotatable bonds is 7. The van der Waals surface area contributed by atoms with Gasteiger partial charge < -0.3 is 16.0 Å². The van der Waals surface area contributed by atoms with Crippen molar-refractivity contribution in [2.45, 2.75) is 24.2 Å². The van der Waals surface area contributed by atoms with Crippen molar-refractivity contribution in [3.63, 3.8) is 0 Å². The smallest absolute Gasteiger partial charge is 0.259 e. The Hall–Kier alpha value is -3.74. The van der Waals surface area contributed by atoms with Crippen molar-refractivity contribution >= 4 is 21.8 Å². The molecule has 1 unspecified atom stereocenters. The first-order valence-corrected chi connectivity index (χ1v) is 12.6. The van der Waals surface area contributed by atoms with Gasteiger partial charge in [0.15, 0.2) is 6.17 Å². The number of carbonyl (C=O) groups excluding carboxylic acids is 2. The minimum absolute atomic E-state index is 0.00420. The lowest BCUT2D eigenvalue weighted by Crippen LogP contribution is -2.53. The first kappa shape index (κ1) is 26.3. The molecular formula is C25H23F3N4O4S. The van der Waals surface area contributed by atoms with E-state index in [1.54, 1.807) is 24.3 Å². The molecule has 1 heterocycles. The summed E-state index contributed by atoms with van der Waals surface area (Å²) in [4.78, 5) is 27.2. The average molecular weight is 533 g/mol. The van der Waals surface area contributed by atoms with E-state index in [4.69, 9.17) is 5.73 Å². The number of nitrogens with one attached hydrogen (secondary N) is 1. The highest BCUT2D eigenvalue weighted by atomic mass is 32.2. The Labute approximate surface area is 211 Å². The molecule has 3 N–H and O–H groups in total. The lowest BCUT2D eigenvalue weighted by atomic mass is 10.1. The molecule has 194 valence electrons. The normalized spacial score (nSPS) is 16.1. The van der Waals surface area contributed by atoms with Crippen LogP contribution in [0.1, 0.15) is 21.5 Å². The van der Waals surface area contributed by atoms with Gasteiger partial charge in [0.25, 0.3) is 11.8 Å². The number of hydrogen-bond donors (Lipinski definition) is 2. The van der Waals surface area contributed by atoms with Gasteiger partial charge >= 0.3 is 0 Å². The predicted molar refractivity (Wildman–Crippen MR) is 128 cm³/mol. The Morgan fingerprint density at radius 1 is 0.892 bits per heavy atom. The standard InChI is InChI=1S/C25H23F3N4O4S/c26-19-4-6-22(7-5-19)37(35,36)32-9-8-31(25(34)18-11-20(27)13-21(28)12-18)24(32)23(33)30-15-17-3-1-2-16(10-17)14-29/h1-7,10-13,24H,8-9,14-15,29H2,(H,30,33). The van der Waals surface area contributed by atoms with Gasteiger partial charge in [-0.1, -0.05) is 24.3 Å². The van der Waals surface area contributed by atoms with Crippen LogP contribution in [0.15, 0.2) is 71.6 Å². The lowest BCUT2D eigenvalue weighted by Gasteiger charge is -2.29. The van der Waals surface area contributed by atoms with Gasteiger partial charge in [-0.3, -0.25) is 9.59 Å². The molecule has 0 aliphatic carbocycles. The molecule has 1 aliphatic rings. The van der Waals surface area contributed by atoms with E-state index < -0.39 is 45.5 Å². The van der Waals surface area contributed by atoms with Crippen LogP contribution < -0.4 is 11.1 Å². The second-order valence-electron chi connectivity index (χ2n) is 8.34. The molecule has 0 bridgehead atoms. The van der Waals surface area contributed by atoms with Crippen molar-refractivity contribution in [3.05, 3.63) is 101 Å². The molecule has 2 amide bonds. The summed E-state index contributed by atoms with van der Waals surface area (Å²) >= 11 is 0. The third kappa shape index (κ3) is 5.66. The maximum Gasteiger partial charge on any atom is 0.259 e. The van der Waals surface area contributed by atoms with Crippen LogP contribution in [-0.2, 0) is 27.9 Å². The number of nitrogens with zero attached hydrogens (tertiary/aromatic N) is 2. The third-order valence-electron chi connectivity index (χ3n) is 5.85. The molecule has 0 radical (unpaired) electrons. The number of amides is 2. The summed E-state index contributed by atoms with van der Waals surface area (Å²) in [7, 11) is -4.36. The first-order chi connectivity index (χ1) is 17.6. The largest absolute Gasteiger partial charge is 0.349 e. The number of hydrogen-bond acceptors (Lipinski definition) is 5. The summed E-state index contributed by atoms with van der Waals surface area (Å²) in [5, 5.41) is 2.63. The van der Waals surface area contributed by atoms with Crippen LogP contribution >= 0.6 is 0 Å². The van der Waals surface area contributed by atoms with Crippen molar-refractivity contribution in [3.8, 4) is 0 Å². The van der Waals surface area contributed by atoms with E-state index in [9.17, 15) is 31.2 Å². The second-order valence-corrected chi connectivity index (χ2v) is 10.2. The Bertz CT molecular complexity index is 1410. The zero-order valence-corrected chi connectivity index (χ0v) is 20.2. The molecule has 12 heteroatoms. The molecule has 1 atom stereocenters. The molecule has 1 fully saturated rings. The summed E-state index contributed by atoms with van der Waals surface area (Å²) in [6.07, 6.45) is -1.66. The van der Waals surface area contributed by atoms with Crippen molar-refractivity contribution in [1.82, 2.24) is 14.5 Å². The van der Waals surface area contributed by atoms with Crippen molar-refractivity contribution in [1.29, 1.82) is 0 Å². The van der Waals surface area contributed by atoms with Crippen molar-refractivity contribution in [2.75, 3.05) is 13.1 Å². The zero-order chi connectivity index (χ0) is 26.7. The molecule has 3 aromatic carbocycles. The van der Waals surface area contributed by atoms with E-state index in [1.807, 2.05) is 0 Å². The predicted octanol–water partition coefficient (Wildman–Crippen LogP) is 2.35. The van der Waals surface area contributed by atoms with Crippen LogP contribution in [0.4, 0.5) is 13.2 Å². The third-order valence-corrected chi connectivity index (χ3v) is 7.72. The number of nitrogens with two attached hydrogens (primary N) is 1. The lowest BCUT2D eigenvalue weighted by molar-refractivity contribution is -0.127. The van der Waals surface area contributed by atoms with Gasteiger partial charge in [0.1, 0.15) is 17.5 Å². The van der Waals surface area contributed by atoms with Crippen LogP contribution in [0, 0.1) is 17.5 Å². The maximum atomic E-state index is 13.8. The van der Waals surface area contributed by atoms with E-state index in [0.717, 1.165) is 51.2 Å². The molecular weight excluding hydrogens is 509 g/mol. The molecule has 0 aromatic heterocycles. The number of benzene rings is 3. The van der Waals surface area contributed by atoms with Crippen molar-refractivity contribution in [2.24, 2.45) is 5.73 Å². The van der Waals surface area contributed by atoms with Crippen LogP contribution in [0.25, 0.3) is 0 Å². The molecule has 4 rings (SSSR count). The van der Waals surface area contributed by atoms with E-state index >= 15 is 0 Å². The maximum absolute atomic E-state index is 13.8. The summed E-state index contributed by atoms with van der Waals surface area (Å²) in [6, 6.07) is 13.3. The number of carbonyl (C=O) groups is 2. The molecule has 3 aromatic rings. The molecule has 0 saturated carbocycles. The average Bonchev–Trinajstić information content (AvgIpc) is 3.33. The van der Waals surface area contributed by atoms with Crippen LogP contribution in [0.3, 0.4) is 0 Å². The summed E-state index contributed by atoms with van der Waals surface area (Å²) in [5.41, 5.74) is 6.77. The number of halogens is 3. The monoisotopic (exact) mass is 532 g/mol. The van der Waals surface area contributed by atoms with E-state index in [2.05, 4.69) is 5.32 Å². The highest BCUT2D eigenvalue weighted by molar-refractivity contribution is 7.89. The van der Waals surface area contributed by atoms with E-state index in [1.165, 1.54) is 0 Å². The molecule has 0 spiro atoms. The van der Waals surface area contributed by atoms with Crippen LogP contribution in [0.5, 0.6) is 0 Å². The minimum atomic E-state index is -4.36. The van der Waals surface area contributed by atoms with Crippen LogP contribution in [0.2, 0.25) is 0 Å². The van der Waals surface area contributed by atoms with Crippen LogP contribution in [-0.4, -0.2) is 48.7 Å². The quantitative estimate of drug-likeness (QED) is 0.485. The van der Waals surface area contributed by atoms with Gasteiger partial charge in [-0.15, -0.1) is 0 Å². The fourth-order valence-corrected chi connectivity index (χ4v) is 5.62. The van der Waals surface area contributed by atoms with Gasteiger partial charge in [-0.05, 0) is 47.5 Å². The van der Waals surface area contributed by atoms with Crippen molar-refractivity contribution < 1.29 is 31.2 Å². The summed E-state index contributed by atoms with van der Waals surface area (Å²) < 4.78 is 68.5. The molecule has 1 saturated heterocycles. The Morgan fingerprint density at radius 2 is 1.54 bits per heavy atom. The molecule has 8 nitrogen and oxygen atoms in total. The zero-order valence-electron chi connectivity index (χ0n) is 19.4. The molecule has 1 aliphatic heterocycles. The van der Waals surface area contributed by atoms with Gasteiger partial charge in [-0.2, -0.15) is 4.31 Å². The fraction of sp³-hybridized carbons (Fsp3) is 0.200. The second kappa shape index (κ2) is 10.7. The van der Waals surface area contributed by atoms with E-state index in [0.29, 0.717) is 11.6 Å². The SMILES string of the molecule is NCc1cccc(CNC(=O)C2N(C(=O)c3cc(F)cc(F)c3)CCN2S(=O)(=O)c2ccc(F)cc2)c1. The minimum Gasteiger partial charge on any atom is -0.349 e. The highest BCUT2D eigenvalue weighted by Crippen LogP contribution is 2.27. The Morgan fingerprint density at radius 3 is 2.19 bits per heavy atom. The topological polar surface area (TPSA) is 113 Å². The first-order valence-electron chi connectivity index (χ1n) is 11.2.